The van der Waals surface area contributed by atoms with Crippen LogP contribution >= 0.6 is 0 Å². The third kappa shape index (κ3) is 4.20. The molecule has 1 nitrogen and oxygen atoms in total. The van der Waals surface area contributed by atoms with Gasteiger partial charge in [-0.2, -0.15) is 0 Å². The van der Waals surface area contributed by atoms with E-state index in [0.717, 1.165) is 48.8 Å². The molecule has 156 valence electrons. The highest BCUT2D eigenvalue weighted by Gasteiger charge is 2.32. The first-order valence-corrected chi connectivity index (χ1v) is 11.2. The Morgan fingerprint density at radius 1 is 0.862 bits per heavy atom. The Morgan fingerprint density at radius 2 is 1.52 bits per heavy atom. The summed E-state index contributed by atoms with van der Waals surface area (Å²) in [6.45, 7) is 2.11. The van der Waals surface area contributed by atoms with Crippen LogP contribution in [0.15, 0.2) is 36.4 Å². The van der Waals surface area contributed by atoms with Crippen LogP contribution in [0.3, 0.4) is 0 Å². The van der Waals surface area contributed by atoms with Gasteiger partial charge in [0.1, 0.15) is 5.75 Å². The molecular formula is C26H32F2O. The van der Waals surface area contributed by atoms with Crippen LogP contribution < -0.4 is 4.74 Å². The van der Waals surface area contributed by atoms with E-state index in [-0.39, 0.29) is 5.92 Å². The fourth-order valence-corrected chi connectivity index (χ4v) is 5.73. The lowest BCUT2D eigenvalue weighted by atomic mass is 9.68. The molecular weight excluding hydrogens is 366 g/mol. The maximum atomic E-state index is 14.9. The summed E-state index contributed by atoms with van der Waals surface area (Å²) in [7, 11) is 1.54. The molecule has 0 atom stereocenters. The molecule has 0 bridgehead atoms. The third-order valence-corrected chi connectivity index (χ3v) is 7.41. The van der Waals surface area contributed by atoms with Gasteiger partial charge in [0.15, 0.2) is 11.6 Å². The lowest BCUT2D eigenvalue weighted by Crippen LogP contribution is -2.25. The van der Waals surface area contributed by atoms with Crippen LogP contribution in [0, 0.1) is 29.4 Å². The molecule has 0 amide bonds. The summed E-state index contributed by atoms with van der Waals surface area (Å²) in [4.78, 5) is 0. The van der Waals surface area contributed by atoms with Gasteiger partial charge in [0.25, 0.3) is 0 Å². The Hall–Kier alpha value is -1.90. The molecule has 2 saturated carbocycles. The Bertz CT molecular complexity index is 872. The van der Waals surface area contributed by atoms with Crippen molar-refractivity contribution in [3.8, 4) is 5.75 Å². The SMILES string of the molecule is C/C=C/C1CCC(C2CCC(c3cc4ccc(OC)cc4c(F)c3F)CC2)CC1. The van der Waals surface area contributed by atoms with Gasteiger partial charge in [0, 0.05) is 5.39 Å². The molecule has 2 fully saturated rings. The minimum Gasteiger partial charge on any atom is -0.497 e. The fraction of sp³-hybridized carbons (Fsp3) is 0.538. The average Bonchev–Trinajstić information content (AvgIpc) is 2.77. The predicted octanol–water partition coefficient (Wildman–Crippen LogP) is 7.78. The Labute approximate surface area is 173 Å². The van der Waals surface area contributed by atoms with E-state index in [9.17, 15) is 8.78 Å². The van der Waals surface area contributed by atoms with Crippen LogP contribution in [0.25, 0.3) is 10.8 Å². The Kier molecular flexibility index (Phi) is 6.22. The van der Waals surface area contributed by atoms with Crippen molar-refractivity contribution >= 4 is 10.8 Å². The first-order valence-electron chi connectivity index (χ1n) is 11.2. The minimum atomic E-state index is -0.735. The van der Waals surface area contributed by atoms with E-state index in [1.165, 1.54) is 32.8 Å². The zero-order chi connectivity index (χ0) is 20.4. The van der Waals surface area contributed by atoms with Crippen molar-refractivity contribution in [2.75, 3.05) is 7.11 Å². The lowest BCUT2D eigenvalue weighted by molar-refractivity contribution is 0.170. The molecule has 2 aliphatic carbocycles. The van der Waals surface area contributed by atoms with Crippen molar-refractivity contribution in [3.05, 3.63) is 53.6 Å². The number of allylic oxidation sites excluding steroid dienone is 2. The quantitative estimate of drug-likeness (QED) is 0.478. The first kappa shape index (κ1) is 20.4. The van der Waals surface area contributed by atoms with Crippen molar-refractivity contribution in [1.29, 1.82) is 0 Å². The van der Waals surface area contributed by atoms with Gasteiger partial charge in [-0.15, -0.1) is 0 Å². The van der Waals surface area contributed by atoms with Gasteiger partial charge in [-0.05, 0) is 111 Å². The van der Waals surface area contributed by atoms with Crippen LogP contribution in [0.4, 0.5) is 8.78 Å². The van der Waals surface area contributed by atoms with Crippen LogP contribution in [-0.4, -0.2) is 7.11 Å². The van der Waals surface area contributed by atoms with E-state index in [2.05, 4.69) is 19.1 Å². The summed E-state index contributed by atoms with van der Waals surface area (Å²) in [6, 6.07) is 7.08. The summed E-state index contributed by atoms with van der Waals surface area (Å²) in [5.41, 5.74) is 0.565. The second kappa shape index (κ2) is 8.85. The summed E-state index contributed by atoms with van der Waals surface area (Å²) < 4.78 is 34.8. The van der Waals surface area contributed by atoms with Gasteiger partial charge in [-0.25, -0.2) is 8.78 Å². The summed E-state index contributed by atoms with van der Waals surface area (Å²) in [6.07, 6.45) is 14.0. The van der Waals surface area contributed by atoms with E-state index in [0.29, 0.717) is 16.7 Å². The molecule has 4 rings (SSSR count). The van der Waals surface area contributed by atoms with Crippen molar-refractivity contribution in [2.45, 2.75) is 64.2 Å². The zero-order valence-corrected chi connectivity index (χ0v) is 17.6. The monoisotopic (exact) mass is 398 g/mol. The van der Waals surface area contributed by atoms with Crippen LogP contribution in [0.5, 0.6) is 5.75 Å². The van der Waals surface area contributed by atoms with Gasteiger partial charge in [0.05, 0.1) is 7.11 Å². The Balaban J connectivity index is 1.45. The minimum absolute atomic E-state index is 0.131. The Morgan fingerprint density at radius 3 is 2.14 bits per heavy atom. The molecule has 29 heavy (non-hydrogen) atoms. The van der Waals surface area contributed by atoms with Gasteiger partial charge in [-0.1, -0.05) is 18.2 Å². The molecule has 0 saturated heterocycles. The normalized spacial score (nSPS) is 28.1. The topological polar surface area (TPSA) is 9.23 Å². The number of ether oxygens (including phenoxy) is 1. The molecule has 2 aliphatic rings. The van der Waals surface area contributed by atoms with Crippen molar-refractivity contribution in [3.63, 3.8) is 0 Å². The molecule has 2 aromatic rings. The van der Waals surface area contributed by atoms with E-state index in [1.54, 1.807) is 6.07 Å². The van der Waals surface area contributed by atoms with Crippen molar-refractivity contribution in [1.82, 2.24) is 0 Å². The molecule has 0 aromatic heterocycles. The lowest BCUT2D eigenvalue weighted by Gasteiger charge is -2.37. The number of hydrogen-bond donors (Lipinski definition) is 0. The number of halogens is 2. The predicted molar refractivity (Wildman–Crippen MR) is 115 cm³/mol. The number of methoxy groups -OCH3 is 1. The standard InChI is InChI=1S/C26H32F2O/c1-3-4-17-5-7-18(8-6-17)19-9-11-20(12-10-19)23-15-21-13-14-22(29-2)16-24(21)26(28)25(23)27/h3-4,13-20H,5-12H2,1-2H3/b4-3+. The summed E-state index contributed by atoms with van der Waals surface area (Å²) >= 11 is 0. The molecule has 0 heterocycles. The van der Waals surface area contributed by atoms with Crippen LogP contribution in [0.1, 0.15) is 69.8 Å². The second-order valence-corrected chi connectivity index (χ2v) is 8.99. The number of rotatable bonds is 4. The van der Waals surface area contributed by atoms with E-state index < -0.39 is 11.6 Å². The number of fused-ring (bicyclic) bond motifs is 1. The van der Waals surface area contributed by atoms with Crippen LogP contribution in [0.2, 0.25) is 0 Å². The summed E-state index contributed by atoms with van der Waals surface area (Å²) in [5.74, 6) is 1.63. The van der Waals surface area contributed by atoms with Crippen molar-refractivity contribution < 1.29 is 13.5 Å². The fourth-order valence-electron chi connectivity index (χ4n) is 5.73. The van der Waals surface area contributed by atoms with Gasteiger partial charge < -0.3 is 4.74 Å². The third-order valence-electron chi connectivity index (χ3n) is 7.41. The van der Waals surface area contributed by atoms with Crippen molar-refractivity contribution in [2.24, 2.45) is 17.8 Å². The molecule has 0 radical (unpaired) electrons. The highest BCUT2D eigenvalue weighted by molar-refractivity contribution is 5.85. The molecule has 0 unspecified atom stereocenters. The molecule has 3 heteroatoms. The average molecular weight is 399 g/mol. The molecule has 0 N–H and O–H groups in total. The molecule has 0 aliphatic heterocycles. The summed E-state index contributed by atoms with van der Waals surface area (Å²) in [5, 5.41) is 1.06. The number of hydrogen-bond acceptors (Lipinski definition) is 1. The zero-order valence-electron chi connectivity index (χ0n) is 17.6. The van der Waals surface area contributed by atoms with E-state index in [4.69, 9.17) is 4.74 Å². The maximum Gasteiger partial charge on any atom is 0.167 e. The van der Waals surface area contributed by atoms with Gasteiger partial charge >= 0.3 is 0 Å². The number of benzene rings is 2. The smallest absolute Gasteiger partial charge is 0.167 e. The van der Waals surface area contributed by atoms with E-state index >= 15 is 0 Å². The van der Waals surface area contributed by atoms with Crippen LogP contribution in [-0.2, 0) is 0 Å². The molecule has 2 aromatic carbocycles. The van der Waals surface area contributed by atoms with Gasteiger partial charge in [-0.3, -0.25) is 0 Å². The maximum absolute atomic E-state index is 14.9. The second-order valence-electron chi connectivity index (χ2n) is 8.99. The largest absolute Gasteiger partial charge is 0.497 e. The highest BCUT2D eigenvalue weighted by Crippen LogP contribution is 2.45. The van der Waals surface area contributed by atoms with Gasteiger partial charge in [0.2, 0.25) is 0 Å². The van der Waals surface area contributed by atoms with E-state index in [1.807, 2.05) is 18.2 Å². The molecule has 0 spiro atoms. The highest BCUT2D eigenvalue weighted by atomic mass is 19.2. The first-order chi connectivity index (χ1) is 14.1.